The van der Waals surface area contributed by atoms with Crippen molar-refractivity contribution >= 4 is 5.97 Å². The van der Waals surface area contributed by atoms with E-state index >= 15 is 0 Å². The van der Waals surface area contributed by atoms with Crippen LogP contribution in [0.5, 0.6) is 5.75 Å². The van der Waals surface area contributed by atoms with Gasteiger partial charge in [-0.05, 0) is 50.4 Å². The predicted octanol–water partition coefficient (Wildman–Crippen LogP) is 2.82. The van der Waals surface area contributed by atoms with Crippen molar-refractivity contribution < 1.29 is 19.4 Å². The summed E-state index contributed by atoms with van der Waals surface area (Å²) in [6, 6.07) is 7.97. The molecule has 25 heavy (non-hydrogen) atoms. The molecule has 0 unspecified atom stereocenters. The van der Waals surface area contributed by atoms with Crippen LogP contribution in [0.2, 0.25) is 0 Å². The highest BCUT2D eigenvalue weighted by Crippen LogP contribution is 2.26. The minimum absolute atomic E-state index is 0.00233. The molecule has 0 amide bonds. The van der Waals surface area contributed by atoms with E-state index in [-0.39, 0.29) is 18.5 Å². The van der Waals surface area contributed by atoms with Crippen molar-refractivity contribution in [2.75, 3.05) is 32.8 Å². The second-order valence-corrected chi connectivity index (χ2v) is 6.98. The number of hydrogen-bond acceptors (Lipinski definition) is 5. The molecule has 140 valence electrons. The lowest BCUT2D eigenvalue weighted by Gasteiger charge is -2.32. The molecule has 1 aromatic carbocycles. The van der Waals surface area contributed by atoms with Crippen LogP contribution in [-0.4, -0.2) is 54.9 Å². The van der Waals surface area contributed by atoms with Crippen LogP contribution < -0.4 is 4.74 Å². The Morgan fingerprint density at radius 3 is 2.60 bits per heavy atom. The number of aliphatic hydroxyl groups is 1. The molecule has 5 heteroatoms. The Bertz CT molecular complexity index is 538. The number of hydrogen-bond donors (Lipinski definition) is 1. The van der Waals surface area contributed by atoms with E-state index in [0.29, 0.717) is 19.1 Å². The second kappa shape index (κ2) is 9.78. The molecule has 0 saturated carbocycles. The lowest BCUT2D eigenvalue weighted by Crippen LogP contribution is -2.42. The molecule has 0 radical (unpaired) electrons. The summed E-state index contributed by atoms with van der Waals surface area (Å²) in [6.07, 6.45) is 1.05. The summed E-state index contributed by atoms with van der Waals surface area (Å²) in [4.78, 5) is 14.0. The van der Waals surface area contributed by atoms with Gasteiger partial charge in [-0.15, -0.1) is 0 Å². The van der Waals surface area contributed by atoms with E-state index in [4.69, 9.17) is 9.47 Å². The Labute approximate surface area is 150 Å². The molecule has 1 heterocycles. The minimum atomic E-state index is -0.542. The predicted molar refractivity (Wildman–Crippen MR) is 97.8 cm³/mol. The Morgan fingerprint density at radius 2 is 1.96 bits per heavy atom. The highest BCUT2D eigenvalue weighted by atomic mass is 16.5. The molecule has 0 spiro atoms. The maximum atomic E-state index is 11.8. The summed E-state index contributed by atoms with van der Waals surface area (Å²) >= 11 is 0. The first-order chi connectivity index (χ1) is 12.0. The first kappa shape index (κ1) is 19.7. The Balaban J connectivity index is 1.75. The fourth-order valence-electron chi connectivity index (χ4n) is 3.24. The van der Waals surface area contributed by atoms with E-state index in [1.54, 1.807) is 0 Å². The third kappa shape index (κ3) is 6.01. The van der Waals surface area contributed by atoms with E-state index < -0.39 is 6.10 Å². The van der Waals surface area contributed by atoms with Gasteiger partial charge in [0.15, 0.2) is 0 Å². The highest BCUT2D eigenvalue weighted by Gasteiger charge is 2.26. The molecule has 0 bridgehead atoms. The van der Waals surface area contributed by atoms with E-state index in [0.717, 1.165) is 37.2 Å². The topological polar surface area (TPSA) is 59.0 Å². The lowest BCUT2D eigenvalue weighted by molar-refractivity contribution is -0.149. The number of ether oxygens (including phenoxy) is 2. The molecule has 5 nitrogen and oxygen atoms in total. The molecule has 1 fully saturated rings. The molecular weight excluding hydrogens is 318 g/mol. The lowest BCUT2D eigenvalue weighted by atomic mass is 9.97. The molecule has 0 aliphatic carbocycles. The largest absolute Gasteiger partial charge is 0.491 e. The third-order valence-electron chi connectivity index (χ3n) is 4.65. The maximum Gasteiger partial charge on any atom is 0.309 e. The average molecular weight is 349 g/mol. The highest BCUT2D eigenvalue weighted by molar-refractivity contribution is 5.72. The number of rotatable bonds is 8. The fourth-order valence-corrected chi connectivity index (χ4v) is 3.24. The van der Waals surface area contributed by atoms with Crippen molar-refractivity contribution in [2.24, 2.45) is 5.92 Å². The second-order valence-electron chi connectivity index (χ2n) is 6.98. The number of piperidine rings is 1. The summed E-state index contributed by atoms with van der Waals surface area (Å²) in [7, 11) is 0. The SMILES string of the molecule is CCOC(=O)C1CCN(C[C@H](O)COc2ccccc2C(C)C)CC1. The first-order valence-electron chi connectivity index (χ1n) is 9.30. The molecule has 0 aromatic heterocycles. The van der Waals surface area contributed by atoms with E-state index in [1.165, 1.54) is 0 Å². The zero-order valence-corrected chi connectivity index (χ0v) is 15.6. The van der Waals surface area contributed by atoms with Gasteiger partial charge in [-0.1, -0.05) is 32.0 Å². The van der Waals surface area contributed by atoms with Crippen LogP contribution in [0.25, 0.3) is 0 Å². The van der Waals surface area contributed by atoms with Crippen LogP contribution >= 0.6 is 0 Å². The number of nitrogens with zero attached hydrogens (tertiary/aromatic N) is 1. The number of aliphatic hydroxyl groups excluding tert-OH is 1. The maximum absolute atomic E-state index is 11.8. The fraction of sp³-hybridized carbons (Fsp3) is 0.650. The molecule has 2 rings (SSSR count). The molecule has 1 aromatic rings. The molecule has 1 atom stereocenters. The molecule has 1 aliphatic rings. The number of benzene rings is 1. The van der Waals surface area contributed by atoms with Gasteiger partial charge in [-0.25, -0.2) is 0 Å². The number of esters is 1. The number of carbonyl (C=O) groups is 1. The normalized spacial score (nSPS) is 17.5. The van der Waals surface area contributed by atoms with Gasteiger partial charge in [-0.2, -0.15) is 0 Å². The number of carbonyl (C=O) groups excluding carboxylic acids is 1. The van der Waals surface area contributed by atoms with Gasteiger partial charge in [0.1, 0.15) is 18.5 Å². The van der Waals surface area contributed by atoms with Crippen molar-refractivity contribution in [3.8, 4) is 5.75 Å². The van der Waals surface area contributed by atoms with Crippen LogP contribution in [-0.2, 0) is 9.53 Å². The van der Waals surface area contributed by atoms with Gasteiger partial charge in [0.05, 0.1) is 12.5 Å². The molecule has 1 N–H and O–H groups in total. The third-order valence-corrected chi connectivity index (χ3v) is 4.65. The summed E-state index contributed by atoms with van der Waals surface area (Å²) < 4.78 is 10.9. The Kier molecular flexibility index (Phi) is 7.72. The first-order valence-corrected chi connectivity index (χ1v) is 9.30. The summed E-state index contributed by atoms with van der Waals surface area (Å²) in [5.74, 6) is 1.15. The van der Waals surface area contributed by atoms with Crippen molar-refractivity contribution in [2.45, 2.75) is 45.6 Å². The van der Waals surface area contributed by atoms with Crippen LogP contribution in [0.4, 0.5) is 0 Å². The van der Waals surface area contributed by atoms with Gasteiger partial charge in [-0.3, -0.25) is 4.79 Å². The monoisotopic (exact) mass is 349 g/mol. The quantitative estimate of drug-likeness (QED) is 0.731. The molecule has 1 saturated heterocycles. The van der Waals surface area contributed by atoms with Gasteiger partial charge in [0.25, 0.3) is 0 Å². The zero-order chi connectivity index (χ0) is 18.2. The Morgan fingerprint density at radius 1 is 1.28 bits per heavy atom. The minimum Gasteiger partial charge on any atom is -0.491 e. The average Bonchev–Trinajstić information content (AvgIpc) is 2.61. The standard InChI is InChI=1S/C20H31NO4/c1-4-24-20(23)16-9-11-21(12-10-16)13-17(22)14-25-19-8-6-5-7-18(19)15(2)3/h5-8,15-17,22H,4,9-14H2,1-3H3/t17-/m0/s1. The van der Waals surface area contributed by atoms with Crippen molar-refractivity contribution in [3.63, 3.8) is 0 Å². The zero-order valence-electron chi connectivity index (χ0n) is 15.6. The van der Waals surface area contributed by atoms with Crippen LogP contribution in [0.3, 0.4) is 0 Å². The smallest absolute Gasteiger partial charge is 0.309 e. The van der Waals surface area contributed by atoms with Gasteiger partial charge in [0.2, 0.25) is 0 Å². The van der Waals surface area contributed by atoms with E-state index in [1.807, 2.05) is 25.1 Å². The van der Waals surface area contributed by atoms with Crippen molar-refractivity contribution in [3.05, 3.63) is 29.8 Å². The van der Waals surface area contributed by atoms with E-state index in [2.05, 4.69) is 24.8 Å². The van der Waals surface area contributed by atoms with Crippen LogP contribution in [0, 0.1) is 5.92 Å². The van der Waals surface area contributed by atoms with Crippen molar-refractivity contribution in [1.29, 1.82) is 0 Å². The van der Waals surface area contributed by atoms with Crippen LogP contribution in [0.1, 0.15) is 45.1 Å². The van der Waals surface area contributed by atoms with Gasteiger partial charge in [0, 0.05) is 6.54 Å². The Hall–Kier alpha value is -1.59. The molecule has 1 aliphatic heterocycles. The summed E-state index contributed by atoms with van der Waals surface area (Å²) in [5, 5.41) is 10.3. The number of para-hydroxylation sites is 1. The van der Waals surface area contributed by atoms with Gasteiger partial charge < -0.3 is 19.5 Å². The van der Waals surface area contributed by atoms with E-state index in [9.17, 15) is 9.90 Å². The summed E-state index contributed by atoms with van der Waals surface area (Å²) in [6.45, 7) is 9.00. The molecular formula is C20H31NO4. The number of likely N-dealkylation sites (tertiary alicyclic amines) is 1. The van der Waals surface area contributed by atoms with Crippen LogP contribution in [0.15, 0.2) is 24.3 Å². The summed E-state index contributed by atoms with van der Waals surface area (Å²) in [5.41, 5.74) is 1.16. The number of β-amino-alcohol motifs (C(OH)–C–C–N with tert-alkyl or cyclic N) is 1. The van der Waals surface area contributed by atoms with Gasteiger partial charge >= 0.3 is 5.97 Å². The van der Waals surface area contributed by atoms with Crippen molar-refractivity contribution in [1.82, 2.24) is 4.90 Å².